The quantitative estimate of drug-likeness (QED) is 0.828. The summed E-state index contributed by atoms with van der Waals surface area (Å²) in [6.07, 6.45) is 1.86. The van der Waals surface area contributed by atoms with Gasteiger partial charge in [0.2, 0.25) is 0 Å². The standard InChI is InChI=1S/C14H18N2O2S2/c1-9(2)11-6-15-14(20-8-13(17)18)16(11)7-12-10(3)4-5-19-12/h4-6,9H,7-8H2,1-3H3,(H,17,18). The lowest BCUT2D eigenvalue weighted by atomic mass is 10.1. The van der Waals surface area contributed by atoms with Gasteiger partial charge in [-0.15, -0.1) is 11.3 Å². The molecule has 2 aromatic rings. The number of nitrogens with zero attached hydrogens (tertiary/aromatic N) is 2. The molecule has 0 amide bonds. The first kappa shape index (κ1) is 15.1. The molecule has 0 saturated carbocycles. The summed E-state index contributed by atoms with van der Waals surface area (Å²) in [5.41, 5.74) is 2.42. The van der Waals surface area contributed by atoms with Gasteiger partial charge >= 0.3 is 5.97 Å². The van der Waals surface area contributed by atoms with Gasteiger partial charge in [-0.3, -0.25) is 4.79 Å². The van der Waals surface area contributed by atoms with Gasteiger partial charge in [-0.25, -0.2) is 4.98 Å². The molecule has 2 aromatic heterocycles. The highest BCUT2D eigenvalue weighted by molar-refractivity contribution is 7.99. The minimum Gasteiger partial charge on any atom is -0.481 e. The van der Waals surface area contributed by atoms with E-state index in [2.05, 4.69) is 41.8 Å². The molecule has 0 aromatic carbocycles. The molecular weight excluding hydrogens is 292 g/mol. The van der Waals surface area contributed by atoms with E-state index in [1.807, 2.05) is 6.20 Å². The molecule has 0 spiro atoms. The Morgan fingerprint density at radius 2 is 2.30 bits per heavy atom. The summed E-state index contributed by atoms with van der Waals surface area (Å²) in [7, 11) is 0. The number of imidazole rings is 1. The molecule has 0 fully saturated rings. The first-order valence-corrected chi connectivity index (χ1v) is 8.28. The van der Waals surface area contributed by atoms with Crippen molar-refractivity contribution >= 4 is 29.1 Å². The maximum Gasteiger partial charge on any atom is 0.313 e. The average Bonchev–Trinajstić information content (AvgIpc) is 2.95. The van der Waals surface area contributed by atoms with Crippen LogP contribution in [0.2, 0.25) is 0 Å². The predicted octanol–water partition coefficient (Wildman–Crippen LogP) is 3.60. The molecule has 0 aliphatic carbocycles. The third kappa shape index (κ3) is 3.43. The van der Waals surface area contributed by atoms with Gasteiger partial charge in [-0.2, -0.15) is 0 Å². The SMILES string of the molecule is Cc1ccsc1Cn1c(C(C)C)cnc1SCC(=O)O. The molecule has 6 heteroatoms. The van der Waals surface area contributed by atoms with E-state index in [0.29, 0.717) is 5.92 Å². The minimum absolute atomic E-state index is 0.0397. The first-order chi connectivity index (χ1) is 9.49. The van der Waals surface area contributed by atoms with Crippen molar-refractivity contribution < 1.29 is 9.90 Å². The molecule has 1 N–H and O–H groups in total. The average molecular weight is 310 g/mol. The summed E-state index contributed by atoms with van der Waals surface area (Å²) in [4.78, 5) is 16.4. The normalized spacial score (nSPS) is 11.2. The topological polar surface area (TPSA) is 55.1 Å². The van der Waals surface area contributed by atoms with Gasteiger partial charge in [0.1, 0.15) is 0 Å². The first-order valence-electron chi connectivity index (χ1n) is 6.42. The number of hydrogen-bond acceptors (Lipinski definition) is 4. The summed E-state index contributed by atoms with van der Waals surface area (Å²) < 4.78 is 2.14. The Bertz CT molecular complexity index is 602. The van der Waals surface area contributed by atoms with Crippen LogP contribution in [0.4, 0.5) is 0 Å². The predicted molar refractivity (Wildman–Crippen MR) is 82.8 cm³/mol. The largest absolute Gasteiger partial charge is 0.481 e. The van der Waals surface area contributed by atoms with Crippen LogP contribution in [-0.4, -0.2) is 26.4 Å². The van der Waals surface area contributed by atoms with Crippen LogP contribution in [0.1, 0.15) is 35.9 Å². The molecule has 2 heterocycles. The van der Waals surface area contributed by atoms with Crippen molar-refractivity contribution in [2.24, 2.45) is 0 Å². The molecule has 0 aliphatic heterocycles. The number of hydrogen-bond donors (Lipinski definition) is 1. The third-order valence-corrected chi connectivity index (χ3v) is 5.02. The molecule has 2 rings (SSSR count). The Kier molecular flexibility index (Phi) is 4.88. The highest BCUT2D eigenvalue weighted by Gasteiger charge is 2.15. The smallest absolute Gasteiger partial charge is 0.313 e. The lowest BCUT2D eigenvalue weighted by molar-refractivity contribution is -0.133. The highest BCUT2D eigenvalue weighted by Crippen LogP contribution is 2.26. The van der Waals surface area contributed by atoms with E-state index in [0.717, 1.165) is 17.4 Å². The maximum atomic E-state index is 10.7. The fourth-order valence-corrected chi connectivity index (χ4v) is 3.54. The van der Waals surface area contributed by atoms with E-state index >= 15 is 0 Å². The molecule has 20 heavy (non-hydrogen) atoms. The highest BCUT2D eigenvalue weighted by atomic mass is 32.2. The number of aliphatic carboxylic acids is 1. The van der Waals surface area contributed by atoms with Crippen LogP contribution < -0.4 is 0 Å². The molecule has 0 atom stereocenters. The lowest BCUT2D eigenvalue weighted by Crippen LogP contribution is -2.08. The summed E-state index contributed by atoms with van der Waals surface area (Å²) in [5.74, 6) is -0.414. The molecule has 0 unspecified atom stereocenters. The van der Waals surface area contributed by atoms with Gasteiger partial charge in [0.05, 0.1) is 12.3 Å². The van der Waals surface area contributed by atoms with E-state index < -0.39 is 5.97 Å². The van der Waals surface area contributed by atoms with Gasteiger partial charge in [-0.1, -0.05) is 25.6 Å². The fraction of sp³-hybridized carbons (Fsp3) is 0.429. The lowest BCUT2D eigenvalue weighted by Gasteiger charge is -2.13. The van der Waals surface area contributed by atoms with Crippen molar-refractivity contribution in [2.45, 2.75) is 38.4 Å². The zero-order chi connectivity index (χ0) is 14.7. The van der Waals surface area contributed by atoms with Crippen LogP contribution in [0.3, 0.4) is 0 Å². The minimum atomic E-state index is -0.817. The Morgan fingerprint density at radius 1 is 1.55 bits per heavy atom. The Balaban J connectivity index is 2.29. The fourth-order valence-electron chi connectivity index (χ4n) is 1.94. The van der Waals surface area contributed by atoms with Gasteiger partial charge in [0.25, 0.3) is 0 Å². The number of carboxylic acid groups (broad SMARTS) is 1. The molecule has 0 bridgehead atoms. The second-order valence-electron chi connectivity index (χ2n) is 4.92. The molecule has 0 radical (unpaired) electrons. The van der Waals surface area contributed by atoms with E-state index in [4.69, 9.17) is 5.11 Å². The van der Waals surface area contributed by atoms with E-state index in [-0.39, 0.29) is 5.75 Å². The van der Waals surface area contributed by atoms with Crippen LogP contribution >= 0.6 is 23.1 Å². The second-order valence-corrected chi connectivity index (χ2v) is 6.86. The Hall–Kier alpha value is -1.27. The van der Waals surface area contributed by atoms with Crippen LogP contribution in [0.25, 0.3) is 0 Å². The number of aromatic nitrogens is 2. The van der Waals surface area contributed by atoms with Gasteiger partial charge in [0, 0.05) is 16.8 Å². The van der Waals surface area contributed by atoms with Gasteiger partial charge < -0.3 is 9.67 Å². The van der Waals surface area contributed by atoms with Crippen LogP contribution in [0.15, 0.2) is 22.8 Å². The Labute approximate surface area is 126 Å². The number of aryl methyl sites for hydroxylation is 1. The van der Waals surface area contributed by atoms with Crippen molar-refractivity contribution in [1.29, 1.82) is 0 Å². The monoisotopic (exact) mass is 310 g/mol. The number of rotatable bonds is 6. The zero-order valence-corrected chi connectivity index (χ0v) is 13.4. The molecule has 108 valence electrons. The zero-order valence-electron chi connectivity index (χ0n) is 11.8. The van der Waals surface area contributed by atoms with Gasteiger partial charge in [-0.05, 0) is 29.9 Å². The number of thiophene rings is 1. The summed E-state index contributed by atoms with van der Waals surface area (Å²) >= 11 is 3.01. The molecule has 4 nitrogen and oxygen atoms in total. The Morgan fingerprint density at radius 3 is 2.85 bits per heavy atom. The summed E-state index contributed by atoms with van der Waals surface area (Å²) in [5, 5.41) is 11.7. The molecule has 0 aliphatic rings. The van der Waals surface area contributed by atoms with Crippen LogP contribution in [-0.2, 0) is 11.3 Å². The van der Waals surface area contributed by atoms with Crippen molar-refractivity contribution in [3.05, 3.63) is 33.8 Å². The summed E-state index contributed by atoms with van der Waals surface area (Å²) in [6.45, 7) is 7.11. The van der Waals surface area contributed by atoms with Crippen molar-refractivity contribution in [1.82, 2.24) is 9.55 Å². The van der Waals surface area contributed by atoms with Gasteiger partial charge in [0.15, 0.2) is 5.16 Å². The van der Waals surface area contributed by atoms with E-state index in [1.165, 1.54) is 22.2 Å². The van der Waals surface area contributed by atoms with Crippen LogP contribution in [0, 0.1) is 6.92 Å². The maximum absolute atomic E-state index is 10.7. The number of carbonyl (C=O) groups is 1. The number of carboxylic acids is 1. The van der Waals surface area contributed by atoms with Crippen LogP contribution in [0.5, 0.6) is 0 Å². The third-order valence-electron chi connectivity index (χ3n) is 3.04. The summed E-state index contributed by atoms with van der Waals surface area (Å²) in [6, 6.07) is 2.11. The molecule has 0 saturated heterocycles. The van der Waals surface area contributed by atoms with E-state index in [1.54, 1.807) is 11.3 Å². The van der Waals surface area contributed by atoms with Crippen molar-refractivity contribution in [2.75, 3.05) is 5.75 Å². The number of thioether (sulfide) groups is 1. The second kappa shape index (κ2) is 6.45. The van der Waals surface area contributed by atoms with E-state index in [9.17, 15) is 4.79 Å². The van der Waals surface area contributed by atoms with Crippen molar-refractivity contribution in [3.8, 4) is 0 Å². The molecular formula is C14H18N2O2S2. The van der Waals surface area contributed by atoms with Crippen molar-refractivity contribution in [3.63, 3.8) is 0 Å².